The molecule has 3 aromatic carbocycles. The van der Waals surface area contributed by atoms with Crippen molar-refractivity contribution in [3.63, 3.8) is 0 Å². The Balaban J connectivity index is 1.55. The molecule has 6 nitrogen and oxygen atoms in total. The van der Waals surface area contributed by atoms with E-state index in [1.54, 1.807) is 60.7 Å². The van der Waals surface area contributed by atoms with E-state index in [1.165, 1.54) is 0 Å². The summed E-state index contributed by atoms with van der Waals surface area (Å²) in [5, 5.41) is 0. The topological polar surface area (TPSA) is 92.7 Å². The Morgan fingerprint density at radius 2 is 1.17 bits per heavy atom. The second-order valence-corrected chi connectivity index (χ2v) is 13.5. The number of para-hydroxylation sites is 1. The van der Waals surface area contributed by atoms with Crippen LogP contribution in [0.2, 0.25) is 0 Å². The molecule has 0 radical (unpaired) electrons. The molecule has 46 heavy (non-hydrogen) atoms. The molecule has 0 amide bonds. The normalized spacial score (nSPS) is 23.4. The van der Waals surface area contributed by atoms with Gasteiger partial charge in [0.1, 0.15) is 5.75 Å². The summed E-state index contributed by atoms with van der Waals surface area (Å²) >= 11 is 0. The highest BCUT2D eigenvalue weighted by atomic mass is 32.2. The molecule has 0 saturated heterocycles. The summed E-state index contributed by atoms with van der Waals surface area (Å²) in [7, 11) is -6.21. The van der Waals surface area contributed by atoms with Crippen LogP contribution in [0.15, 0.2) is 72.8 Å². The molecule has 4 aliphatic rings. The van der Waals surface area contributed by atoms with Gasteiger partial charge in [0.05, 0.1) is 27.9 Å². The number of alkyl halides is 6. The van der Waals surface area contributed by atoms with E-state index in [1.807, 2.05) is 12.1 Å². The lowest BCUT2D eigenvalue weighted by Crippen LogP contribution is -2.64. The van der Waals surface area contributed by atoms with Crippen molar-refractivity contribution < 1.29 is 53.6 Å². The molecule has 0 heterocycles. The molecule has 246 valence electrons. The lowest BCUT2D eigenvalue weighted by molar-refractivity contribution is -0.362. The van der Waals surface area contributed by atoms with Gasteiger partial charge in [0.25, 0.3) is 0 Å². The predicted octanol–water partition coefficient (Wildman–Crippen LogP) is 7.34. The molecule has 7 rings (SSSR count). The minimum atomic E-state index is -6.49. The number of halogens is 6. The fraction of sp³-hybridized carbons (Fsp3) is 0.424. The minimum Gasteiger partial charge on any atom is -0.748 e. The van der Waals surface area contributed by atoms with Crippen LogP contribution in [0.1, 0.15) is 77.7 Å². The molecule has 2 atom stereocenters. The van der Waals surface area contributed by atoms with Gasteiger partial charge >= 0.3 is 23.9 Å². The van der Waals surface area contributed by atoms with Gasteiger partial charge in [-0.3, -0.25) is 4.79 Å². The van der Waals surface area contributed by atoms with Crippen molar-refractivity contribution >= 4 is 16.1 Å². The lowest BCUT2D eigenvalue weighted by atomic mass is 9.52. The van der Waals surface area contributed by atoms with Crippen molar-refractivity contribution in [3.8, 4) is 5.75 Å². The monoisotopic (exact) mass is 667 g/mol. The van der Waals surface area contributed by atoms with Gasteiger partial charge in [-0.15, -0.1) is 0 Å². The Labute approximate surface area is 261 Å². The van der Waals surface area contributed by atoms with Gasteiger partial charge in [0.15, 0.2) is 0 Å². The van der Waals surface area contributed by atoms with E-state index in [9.17, 15) is 44.1 Å². The smallest absolute Gasteiger partial charge is 0.438 e. The highest BCUT2D eigenvalue weighted by molar-refractivity contribution is 7.85. The Morgan fingerprint density at radius 3 is 1.65 bits per heavy atom. The van der Waals surface area contributed by atoms with Gasteiger partial charge in [0.2, 0.25) is 0 Å². The Kier molecular flexibility index (Phi) is 8.15. The number of carbonyl (C=O) groups is 1. The summed E-state index contributed by atoms with van der Waals surface area (Å²) in [6, 6.07) is 20.4. The third-order valence-corrected chi connectivity index (χ3v) is 10.2. The zero-order valence-corrected chi connectivity index (χ0v) is 25.0. The lowest BCUT2D eigenvalue weighted by Gasteiger charge is -2.51. The van der Waals surface area contributed by atoms with E-state index in [0.717, 1.165) is 43.2 Å². The van der Waals surface area contributed by atoms with Crippen LogP contribution < -0.4 is 4.74 Å². The molecule has 3 aromatic rings. The van der Waals surface area contributed by atoms with Crippen LogP contribution in [-0.2, 0) is 19.6 Å². The van der Waals surface area contributed by atoms with Crippen molar-refractivity contribution in [1.82, 2.24) is 0 Å². The van der Waals surface area contributed by atoms with E-state index in [-0.39, 0.29) is 6.10 Å². The Bertz CT molecular complexity index is 1670. The Hall–Kier alpha value is -3.58. The first kappa shape index (κ1) is 32.4. The van der Waals surface area contributed by atoms with Crippen LogP contribution in [0.3, 0.4) is 0 Å². The van der Waals surface area contributed by atoms with Gasteiger partial charge in [-0.2, -0.15) is 26.3 Å². The fourth-order valence-electron chi connectivity index (χ4n) is 7.52. The molecule has 0 aromatic heterocycles. The molecule has 2 bridgehead atoms. The van der Waals surface area contributed by atoms with Gasteiger partial charge in [-0.1, -0.05) is 73.2 Å². The van der Waals surface area contributed by atoms with Crippen LogP contribution in [0, 0.1) is 5.92 Å². The maximum Gasteiger partial charge on any atom is 0.438 e. The molecule has 0 aliphatic heterocycles. The van der Waals surface area contributed by atoms with Gasteiger partial charge in [-0.25, -0.2) is 8.42 Å². The fourth-order valence-corrected chi connectivity index (χ4v) is 8.40. The van der Waals surface area contributed by atoms with E-state index < -0.39 is 63.5 Å². The number of benzene rings is 3. The van der Waals surface area contributed by atoms with E-state index >= 15 is 0 Å². The Morgan fingerprint density at radius 1 is 0.717 bits per heavy atom. The number of hydrogen-bond acceptors (Lipinski definition) is 6. The molecule has 0 spiro atoms. The van der Waals surface area contributed by atoms with E-state index in [0.29, 0.717) is 22.4 Å². The molecule has 13 heteroatoms. The van der Waals surface area contributed by atoms with Crippen LogP contribution in [0.4, 0.5) is 26.3 Å². The average molecular weight is 668 g/mol. The maximum atomic E-state index is 14.3. The molecule has 4 aliphatic carbocycles. The molecule has 1 saturated carbocycles. The summed E-state index contributed by atoms with van der Waals surface area (Å²) in [5.41, 5.74) is -2.65. The first-order chi connectivity index (χ1) is 21.6. The predicted molar refractivity (Wildman–Crippen MR) is 152 cm³/mol. The third kappa shape index (κ3) is 5.55. The van der Waals surface area contributed by atoms with Crippen molar-refractivity contribution in [2.45, 2.75) is 73.9 Å². The average Bonchev–Trinajstić information content (AvgIpc) is 2.99. The number of esters is 1. The first-order valence-corrected chi connectivity index (χ1v) is 16.4. The minimum absolute atomic E-state index is 0.175. The summed E-state index contributed by atoms with van der Waals surface area (Å²) < 4.78 is 131. The number of carbonyl (C=O) groups excluding carboxylic acids is 1. The highest BCUT2D eigenvalue weighted by Crippen LogP contribution is 2.63. The number of ether oxygens (including phenoxy) is 2. The van der Waals surface area contributed by atoms with E-state index in [2.05, 4.69) is 4.74 Å². The van der Waals surface area contributed by atoms with E-state index in [4.69, 9.17) is 4.74 Å². The van der Waals surface area contributed by atoms with Crippen LogP contribution in [-0.4, -0.2) is 48.8 Å². The zero-order chi connectivity index (χ0) is 33.1. The number of fused-ring (bicyclic) bond motifs is 1. The summed E-state index contributed by atoms with van der Waals surface area (Å²) in [5.74, 6) is -9.14. The zero-order valence-electron chi connectivity index (χ0n) is 24.2. The molecule has 2 unspecified atom stereocenters. The number of hydrogen-bond donors (Lipinski definition) is 0. The van der Waals surface area contributed by atoms with Gasteiger partial charge < -0.3 is 14.0 Å². The molecule has 0 N–H and O–H groups in total. The standard InChI is InChI=1S/C33H30F6O6S/c34-32(35,36)31(33(37,38)39,18-46(41,42)43)45-30(40)29-27-22-14-6-4-12-20(22)26(21-13-5-7-15-23(21)27)28(29)24-16-8-9-17-25(24)44-19-10-2-1-3-11-19/h4-9,12-17,19,26-29H,1-3,10-11,18H2,(H,41,42,43)/p-1. The van der Waals surface area contributed by atoms with Crippen molar-refractivity contribution in [2.24, 2.45) is 5.92 Å². The third-order valence-electron chi connectivity index (χ3n) is 9.40. The first-order valence-electron chi connectivity index (χ1n) is 14.9. The van der Waals surface area contributed by atoms with Crippen LogP contribution in [0.25, 0.3) is 0 Å². The number of rotatable bonds is 7. The quantitative estimate of drug-likeness (QED) is 0.149. The van der Waals surface area contributed by atoms with Crippen molar-refractivity contribution in [2.75, 3.05) is 5.75 Å². The molecule has 1 fully saturated rings. The molecular weight excluding hydrogens is 638 g/mol. The highest BCUT2D eigenvalue weighted by Gasteiger charge is 2.75. The van der Waals surface area contributed by atoms with Crippen molar-refractivity contribution in [1.29, 1.82) is 0 Å². The molecular formula is C33H29F6O6S-. The summed E-state index contributed by atoms with van der Waals surface area (Å²) in [4.78, 5) is 14.1. The largest absolute Gasteiger partial charge is 0.748 e. The second-order valence-electron chi connectivity index (χ2n) is 12.1. The second kappa shape index (κ2) is 11.6. The van der Waals surface area contributed by atoms with Gasteiger partial charge in [0, 0.05) is 17.8 Å². The summed E-state index contributed by atoms with van der Waals surface area (Å²) in [6.45, 7) is 0. The van der Waals surface area contributed by atoms with Gasteiger partial charge in [-0.05, 0) is 59.6 Å². The maximum absolute atomic E-state index is 14.3. The summed E-state index contributed by atoms with van der Waals surface area (Å²) in [6.07, 6.45) is -8.75. The van der Waals surface area contributed by atoms with Crippen molar-refractivity contribution in [3.05, 3.63) is 101 Å². The SMILES string of the molecule is O=C(OC(CS(=O)(=O)[O-])(C(F)(F)F)C(F)(F)F)C1C2c3ccccc3C(c3ccccc32)C1c1ccccc1OC1CCCCC1. The van der Waals surface area contributed by atoms with Crippen LogP contribution >= 0.6 is 0 Å². The van der Waals surface area contributed by atoms with Crippen LogP contribution in [0.5, 0.6) is 5.75 Å².